The van der Waals surface area contributed by atoms with E-state index in [1.807, 2.05) is 35.0 Å². The number of carbonyl (C=O) groups is 2. The van der Waals surface area contributed by atoms with Gasteiger partial charge in [-0.25, -0.2) is 4.98 Å². The Morgan fingerprint density at radius 3 is 2.62 bits per heavy atom. The first kappa shape index (κ1) is 19.4. The maximum absolute atomic E-state index is 12.8. The zero-order chi connectivity index (χ0) is 20.3. The van der Waals surface area contributed by atoms with E-state index in [4.69, 9.17) is 0 Å². The fourth-order valence-corrected chi connectivity index (χ4v) is 3.54. The highest BCUT2D eigenvalue weighted by Gasteiger charge is 2.45. The van der Waals surface area contributed by atoms with Crippen LogP contribution >= 0.6 is 15.9 Å². The van der Waals surface area contributed by atoms with Crippen molar-refractivity contribution in [1.29, 1.82) is 0 Å². The van der Waals surface area contributed by atoms with Crippen molar-refractivity contribution in [2.24, 2.45) is 0 Å². The molecule has 1 saturated carbocycles. The number of nitrogens with one attached hydrogen (secondary N) is 2. The Balaban J connectivity index is 1.38. The van der Waals surface area contributed by atoms with E-state index in [0.29, 0.717) is 24.2 Å². The van der Waals surface area contributed by atoms with Crippen molar-refractivity contribution in [1.82, 2.24) is 14.9 Å². The van der Waals surface area contributed by atoms with Crippen LogP contribution in [-0.4, -0.2) is 21.4 Å². The Bertz CT molecular complexity index is 1010. The number of imidazole rings is 1. The molecule has 2 N–H and O–H groups in total. The number of aromatic nitrogens is 2. The molecule has 1 aliphatic carbocycles. The average Bonchev–Trinajstić information content (AvgIpc) is 3.30. The van der Waals surface area contributed by atoms with E-state index in [1.165, 1.54) is 0 Å². The molecule has 0 atom stereocenters. The third-order valence-electron chi connectivity index (χ3n) is 5.06. The molecule has 0 unspecified atom stereocenters. The van der Waals surface area contributed by atoms with Gasteiger partial charge in [-0.15, -0.1) is 0 Å². The third kappa shape index (κ3) is 4.74. The molecule has 2 aromatic carbocycles. The molecule has 6 nitrogen and oxygen atoms in total. The van der Waals surface area contributed by atoms with Crippen molar-refractivity contribution in [2.45, 2.75) is 31.3 Å². The van der Waals surface area contributed by atoms with Crippen LogP contribution < -0.4 is 10.6 Å². The van der Waals surface area contributed by atoms with Crippen LogP contribution in [0.2, 0.25) is 0 Å². The first-order valence-electron chi connectivity index (χ1n) is 9.48. The topological polar surface area (TPSA) is 76.0 Å². The lowest BCUT2D eigenvalue weighted by Gasteiger charge is -2.18. The molecule has 29 heavy (non-hydrogen) atoms. The first-order valence-corrected chi connectivity index (χ1v) is 10.3. The summed E-state index contributed by atoms with van der Waals surface area (Å²) in [6.07, 6.45) is 7.35. The maximum Gasteiger partial charge on any atom is 0.252 e. The highest BCUT2D eigenvalue weighted by Crippen LogP contribution is 2.45. The smallest absolute Gasteiger partial charge is 0.252 e. The van der Waals surface area contributed by atoms with Crippen molar-refractivity contribution in [3.63, 3.8) is 0 Å². The van der Waals surface area contributed by atoms with Crippen LogP contribution in [0.5, 0.6) is 0 Å². The molecule has 148 valence electrons. The number of nitrogens with zero attached hydrogens (tertiary/aromatic N) is 2. The number of hydrogen-bond acceptors (Lipinski definition) is 3. The second kappa shape index (κ2) is 8.21. The maximum atomic E-state index is 12.8. The van der Waals surface area contributed by atoms with Gasteiger partial charge in [-0.2, -0.15) is 0 Å². The van der Waals surface area contributed by atoms with Gasteiger partial charge in [0, 0.05) is 41.1 Å². The highest BCUT2D eigenvalue weighted by molar-refractivity contribution is 9.10. The van der Waals surface area contributed by atoms with Gasteiger partial charge in [0.25, 0.3) is 5.91 Å². The molecule has 7 heteroatoms. The summed E-state index contributed by atoms with van der Waals surface area (Å²) in [6, 6.07) is 15.1. The van der Waals surface area contributed by atoms with Crippen LogP contribution in [-0.2, 0) is 16.9 Å². The van der Waals surface area contributed by atoms with E-state index in [9.17, 15) is 9.59 Å². The molecule has 3 aromatic rings. The predicted octanol–water partition coefficient (Wildman–Crippen LogP) is 4.09. The van der Waals surface area contributed by atoms with Crippen LogP contribution in [0.3, 0.4) is 0 Å². The first-order chi connectivity index (χ1) is 14.0. The van der Waals surface area contributed by atoms with E-state index < -0.39 is 0 Å². The van der Waals surface area contributed by atoms with Crippen molar-refractivity contribution in [3.8, 4) is 0 Å². The van der Waals surface area contributed by atoms with Gasteiger partial charge in [0.05, 0.1) is 11.9 Å². The summed E-state index contributed by atoms with van der Waals surface area (Å²) in [5.74, 6) is -0.246. The lowest BCUT2D eigenvalue weighted by molar-refractivity contribution is -0.116. The molecule has 1 fully saturated rings. The van der Waals surface area contributed by atoms with Gasteiger partial charge in [0.15, 0.2) is 0 Å². The molecule has 1 aromatic heterocycles. The summed E-state index contributed by atoms with van der Waals surface area (Å²) in [7, 11) is 0. The van der Waals surface area contributed by atoms with Crippen LogP contribution in [0.25, 0.3) is 0 Å². The Hall–Kier alpha value is -2.93. The fourth-order valence-electron chi connectivity index (χ4n) is 3.28. The zero-order valence-electron chi connectivity index (χ0n) is 15.8. The summed E-state index contributed by atoms with van der Waals surface area (Å²) < 4.78 is 2.86. The summed E-state index contributed by atoms with van der Waals surface area (Å²) in [6.45, 7) is 0.557. The van der Waals surface area contributed by atoms with Crippen LogP contribution in [0, 0.1) is 0 Å². The number of hydrogen-bond donors (Lipinski definition) is 2. The standard InChI is InChI=1S/C22H21BrN4O2/c23-18-6-4-17(5-7-18)22(9-10-22)26-21(29)16-2-1-3-19(14-16)25-20(28)8-12-27-13-11-24-15-27/h1-7,11,13-15H,8-10,12H2,(H,25,28)(H,26,29). The van der Waals surface area contributed by atoms with Gasteiger partial charge in [-0.1, -0.05) is 34.1 Å². The summed E-state index contributed by atoms with van der Waals surface area (Å²) in [4.78, 5) is 29.0. The van der Waals surface area contributed by atoms with E-state index in [0.717, 1.165) is 22.9 Å². The molecule has 0 bridgehead atoms. The molecule has 4 rings (SSSR count). The second-order valence-electron chi connectivity index (χ2n) is 7.22. The van der Waals surface area contributed by atoms with Crippen molar-refractivity contribution >= 4 is 33.4 Å². The number of halogens is 1. The Labute approximate surface area is 177 Å². The minimum Gasteiger partial charge on any atom is -0.343 e. The molecule has 2 amide bonds. The molecule has 1 aliphatic rings. The molecule has 0 spiro atoms. The van der Waals surface area contributed by atoms with Crippen molar-refractivity contribution in [3.05, 3.63) is 82.9 Å². The molecule has 1 heterocycles. The fraction of sp³-hybridized carbons (Fsp3) is 0.227. The molecular formula is C22H21BrN4O2. The van der Waals surface area contributed by atoms with Gasteiger partial charge < -0.3 is 15.2 Å². The number of anilines is 1. The second-order valence-corrected chi connectivity index (χ2v) is 8.14. The minimum absolute atomic E-state index is 0.107. The molecule has 0 radical (unpaired) electrons. The quantitative estimate of drug-likeness (QED) is 0.566. The monoisotopic (exact) mass is 452 g/mol. The predicted molar refractivity (Wildman–Crippen MR) is 114 cm³/mol. The van der Waals surface area contributed by atoms with Crippen molar-refractivity contribution < 1.29 is 9.59 Å². The van der Waals surface area contributed by atoms with E-state index in [1.54, 1.807) is 36.8 Å². The van der Waals surface area contributed by atoms with Crippen LogP contribution in [0.15, 0.2) is 71.7 Å². The molecular weight excluding hydrogens is 432 g/mol. The highest BCUT2D eigenvalue weighted by atomic mass is 79.9. The van der Waals surface area contributed by atoms with Gasteiger partial charge in [-0.3, -0.25) is 9.59 Å². The largest absolute Gasteiger partial charge is 0.343 e. The zero-order valence-corrected chi connectivity index (χ0v) is 17.4. The number of carbonyl (C=O) groups excluding carboxylic acids is 2. The van der Waals surface area contributed by atoms with Crippen LogP contribution in [0.4, 0.5) is 5.69 Å². The number of amides is 2. The number of aryl methyl sites for hydroxylation is 1. The van der Waals surface area contributed by atoms with Crippen molar-refractivity contribution in [2.75, 3.05) is 5.32 Å². The lowest BCUT2D eigenvalue weighted by Crippen LogP contribution is -2.34. The van der Waals surface area contributed by atoms with Gasteiger partial charge in [0.1, 0.15) is 0 Å². The normalized spacial score (nSPS) is 14.2. The third-order valence-corrected chi connectivity index (χ3v) is 5.59. The Kier molecular flexibility index (Phi) is 5.49. The molecule has 0 saturated heterocycles. The van der Waals surface area contributed by atoms with Gasteiger partial charge in [-0.05, 0) is 48.7 Å². The number of benzene rings is 2. The minimum atomic E-state index is -0.290. The summed E-state index contributed by atoms with van der Waals surface area (Å²) in [5.41, 5.74) is 1.96. The average molecular weight is 453 g/mol. The molecule has 0 aliphatic heterocycles. The number of rotatable bonds is 7. The van der Waals surface area contributed by atoms with Gasteiger partial charge >= 0.3 is 0 Å². The van der Waals surface area contributed by atoms with E-state index in [2.05, 4.69) is 31.5 Å². The SMILES string of the molecule is O=C(CCn1ccnc1)Nc1cccc(C(=O)NC2(c3ccc(Br)cc3)CC2)c1. The Morgan fingerprint density at radius 1 is 1.14 bits per heavy atom. The Morgan fingerprint density at radius 2 is 1.93 bits per heavy atom. The summed E-state index contributed by atoms with van der Waals surface area (Å²) >= 11 is 3.44. The van der Waals surface area contributed by atoms with Gasteiger partial charge in [0.2, 0.25) is 5.91 Å². The van der Waals surface area contributed by atoms with E-state index in [-0.39, 0.29) is 17.4 Å². The van der Waals surface area contributed by atoms with E-state index >= 15 is 0 Å². The van der Waals surface area contributed by atoms with Crippen LogP contribution in [0.1, 0.15) is 35.2 Å². The summed E-state index contributed by atoms with van der Waals surface area (Å²) in [5, 5.41) is 6.02. The lowest BCUT2D eigenvalue weighted by atomic mass is 10.0.